The molecule has 1 rings (SSSR count). The van der Waals surface area contributed by atoms with Gasteiger partial charge >= 0.3 is 5.69 Å². The van der Waals surface area contributed by atoms with Crippen LogP contribution in [0.4, 0.5) is 10.1 Å². The largest absolute Gasteiger partial charge is 0.492 e. The Hall–Kier alpha value is -1.37. The van der Waals surface area contributed by atoms with Crippen LogP contribution in [0, 0.1) is 15.9 Å². The normalized spacial score (nSPS) is 9.87. The Balaban J connectivity index is 3.51. The van der Waals surface area contributed by atoms with E-state index in [0.717, 1.165) is 13.2 Å². The lowest BCUT2D eigenvalue weighted by molar-refractivity contribution is -0.386. The molecule has 0 amide bonds. The molecule has 0 N–H and O–H groups in total. The fourth-order valence-electron chi connectivity index (χ4n) is 1.09. The molecular weight excluding hydrogens is 273 g/mol. The monoisotopic (exact) mass is 279 g/mol. The molecule has 1 aromatic carbocycles. The average molecular weight is 280 g/mol. The van der Waals surface area contributed by atoms with Crippen LogP contribution in [0.1, 0.15) is 0 Å². The molecule has 0 fully saturated rings. The van der Waals surface area contributed by atoms with E-state index in [9.17, 15) is 14.5 Å². The molecule has 0 unspecified atom stereocenters. The van der Waals surface area contributed by atoms with Crippen LogP contribution in [-0.4, -0.2) is 19.1 Å². The van der Waals surface area contributed by atoms with Crippen molar-refractivity contribution < 1.29 is 18.8 Å². The zero-order valence-electron chi connectivity index (χ0n) is 7.91. The van der Waals surface area contributed by atoms with Crippen LogP contribution in [0.3, 0.4) is 0 Å². The third kappa shape index (κ3) is 2.01. The third-order valence-electron chi connectivity index (χ3n) is 1.72. The SMILES string of the molecule is COc1c(Br)cc([N+](=O)[O-])c(OC)c1F. The quantitative estimate of drug-likeness (QED) is 0.630. The van der Waals surface area contributed by atoms with Crippen LogP contribution in [0.5, 0.6) is 11.5 Å². The molecule has 0 aromatic heterocycles. The number of ether oxygens (including phenoxy) is 2. The summed E-state index contributed by atoms with van der Waals surface area (Å²) in [6.45, 7) is 0. The van der Waals surface area contributed by atoms with E-state index in [-0.39, 0.29) is 10.2 Å². The molecule has 0 spiro atoms. The Morgan fingerprint density at radius 1 is 1.40 bits per heavy atom. The molecule has 0 aliphatic rings. The Labute approximate surface area is 93.1 Å². The summed E-state index contributed by atoms with van der Waals surface area (Å²) in [5.74, 6) is -1.47. The Kier molecular flexibility index (Phi) is 3.46. The first-order valence-corrected chi connectivity index (χ1v) is 4.56. The van der Waals surface area contributed by atoms with E-state index >= 15 is 0 Å². The number of nitro groups is 1. The van der Waals surface area contributed by atoms with E-state index in [1.165, 1.54) is 7.11 Å². The summed E-state index contributed by atoms with van der Waals surface area (Å²) < 4.78 is 23.1. The molecule has 0 radical (unpaired) electrons. The molecule has 7 heteroatoms. The lowest BCUT2D eigenvalue weighted by Gasteiger charge is -2.08. The predicted octanol–water partition coefficient (Wildman–Crippen LogP) is 2.51. The maximum Gasteiger partial charge on any atom is 0.315 e. The van der Waals surface area contributed by atoms with Gasteiger partial charge in [0, 0.05) is 6.07 Å². The van der Waals surface area contributed by atoms with Crippen LogP contribution in [0.25, 0.3) is 0 Å². The maximum absolute atomic E-state index is 13.6. The zero-order chi connectivity index (χ0) is 11.6. The Morgan fingerprint density at radius 3 is 2.33 bits per heavy atom. The number of benzene rings is 1. The van der Waals surface area contributed by atoms with Gasteiger partial charge in [0.1, 0.15) is 0 Å². The van der Waals surface area contributed by atoms with Crippen molar-refractivity contribution in [3.8, 4) is 11.5 Å². The predicted molar refractivity (Wildman–Crippen MR) is 53.9 cm³/mol. The molecule has 5 nitrogen and oxygen atoms in total. The molecule has 15 heavy (non-hydrogen) atoms. The van der Waals surface area contributed by atoms with Crippen LogP contribution in [0.15, 0.2) is 10.5 Å². The number of nitrogens with zero attached hydrogens (tertiary/aromatic N) is 1. The summed E-state index contributed by atoms with van der Waals surface area (Å²) in [7, 11) is 2.41. The minimum absolute atomic E-state index is 0.127. The second-order valence-electron chi connectivity index (χ2n) is 2.52. The van der Waals surface area contributed by atoms with Gasteiger partial charge in [0.05, 0.1) is 23.6 Å². The summed E-state index contributed by atoms with van der Waals surface area (Å²) in [5, 5.41) is 10.6. The molecule has 0 aliphatic heterocycles. The van der Waals surface area contributed by atoms with Crippen molar-refractivity contribution in [2.45, 2.75) is 0 Å². The number of rotatable bonds is 3. The molecular formula is C8H7BrFNO4. The summed E-state index contributed by atoms with van der Waals surface area (Å²) in [6, 6.07) is 1.13. The summed E-state index contributed by atoms with van der Waals surface area (Å²) in [6.07, 6.45) is 0. The van der Waals surface area contributed by atoms with Crippen LogP contribution in [0.2, 0.25) is 0 Å². The van der Waals surface area contributed by atoms with E-state index in [4.69, 9.17) is 4.74 Å². The van der Waals surface area contributed by atoms with E-state index in [2.05, 4.69) is 20.7 Å². The molecule has 0 aliphatic carbocycles. The van der Waals surface area contributed by atoms with Gasteiger partial charge in [-0.05, 0) is 15.9 Å². The minimum Gasteiger partial charge on any atom is -0.492 e. The maximum atomic E-state index is 13.6. The van der Waals surface area contributed by atoms with E-state index < -0.39 is 22.2 Å². The highest BCUT2D eigenvalue weighted by atomic mass is 79.9. The topological polar surface area (TPSA) is 61.6 Å². The van der Waals surface area contributed by atoms with Crippen molar-refractivity contribution in [2.75, 3.05) is 14.2 Å². The van der Waals surface area contributed by atoms with E-state index in [0.29, 0.717) is 0 Å². The number of methoxy groups -OCH3 is 2. The van der Waals surface area contributed by atoms with Gasteiger partial charge in [-0.2, -0.15) is 4.39 Å². The Morgan fingerprint density at radius 2 is 1.93 bits per heavy atom. The highest BCUT2D eigenvalue weighted by molar-refractivity contribution is 9.10. The second kappa shape index (κ2) is 4.43. The fraction of sp³-hybridized carbons (Fsp3) is 0.250. The smallest absolute Gasteiger partial charge is 0.315 e. The van der Waals surface area contributed by atoms with Crippen LogP contribution in [-0.2, 0) is 0 Å². The van der Waals surface area contributed by atoms with Gasteiger partial charge in [0.15, 0.2) is 5.75 Å². The standard InChI is InChI=1S/C8H7BrFNO4/c1-14-7-4(9)3-5(11(12)13)8(15-2)6(7)10/h3H,1-2H3. The van der Waals surface area contributed by atoms with Crippen molar-refractivity contribution >= 4 is 21.6 Å². The lowest BCUT2D eigenvalue weighted by atomic mass is 10.2. The number of halogens is 2. The lowest BCUT2D eigenvalue weighted by Crippen LogP contribution is -1.99. The average Bonchev–Trinajstić information content (AvgIpc) is 2.17. The first-order chi connectivity index (χ1) is 7.02. The fourth-order valence-corrected chi connectivity index (χ4v) is 1.64. The van der Waals surface area contributed by atoms with Crippen molar-refractivity contribution in [3.05, 3.63) is 26.5 Å². The minimum atomic E-state index is -0.902. The number of hydrogen-bond acceptors (Lipinski definition) is 4. The molecule has 0 atom stereocenters. The second-order valence-corrected chi connectivity index (χ2v) is 3.37. The summed E-state index contributed by atoms with van der Waals surface area (Å²) in [4.78, 5) is 9.85. The summed E-state index contributed by atoms with van der Waals surface area (Å²) >= 11 is 2.96. The molecule has 0 saturated carbocycles. The first kappa shape index (κ1) is 11.7. The van der Waals surface area contributed by atoms with Crippen LogP contribution >= 0.6 is 15.9 Å². The van der Waals surface area contributed by atoms with Crippen molar-refractivity contribution in [1.29, 1.82) is 0 Å². The van der Waals surface area contributed by atoms with Crippen molar-refractivity contribution in [1.82, 2.24) is 0 Å². The molecule has 0 heterocycles. The molecule has 0 saturated heterocycles. The molecule has 0 bridgehead atoms. The molecule has 1 aromatic rings. The van der Waals surface area contributed by atoms with Gasteiger partial charge in [0.2, 0.25) is 11.6 Å². The number of nitro benzene ring substituents is 1. The van der Waals surface area contributed by atoms with E-state index in [1.54, 1.807) is 0 Å². The Bertz CT molecular complexity index is 410. The zero-order valence-corrected chi connectivity index (χ0v) is 9.50. The van der Waals surface area contributed by atoms with Gasteiger partial charge in [-0.25, -0.2) is 0 Å². The molecule has 82 valence electrons. The highest BCUT2D eigenvalue weighted by Crippen LogP contribution is 2.40. The highest BCUT2D eigenvalue weighted by Gasteiger charge is 2.25. The van der Waals surface area contributed by atoms with E-state index in [1.807, 2.05) is 0 Å². The van der Waals surface area contributed by atoms with Crippen molar-refractivity contribution in [2.24, 2.45) is 0 Å². The van der Waals surface area contributed by atoms with Crippen LogP contribution < -0.4 is 9.47 Å². The van der Waals surface area contributed by atoms with Crippen molar-refractivity contribution in [3.63, 3.8) is 0 Å². The number of hydrogen-bond donors (Lipinski definition) is 0. The van der Waals surface area contributed by atoms with Gasteiger partial charge in [-0.15, -0.1) is 0 Å². The van der Waals surface area contributed by atoms with Gasteiger partial charge in [-0.3, -0.25) is 10.1 Å². The van der Waals surface area contributed by atoms with Gasteiger partial charge in [-0.1, -0.05) is 0 Å². The summed E-state index contributed by atoms with van der Waals surface area (Å²) in [5.41, 5.74) is -0.456. The van der Waals surface area contributed by atoms with Gasteiger partial charge in [0.25, 0.3) is 0 Å². The third-order valence-corrected chi connectivity index (χ3v) is 2.31. The first-order valence-electron chi connectivity index (χ1n) is 3.77. The van der Waals surface area contributed by atoms with Gasteiger partial charge < -0.3 is 9.47 Å².